The maximum atomic E-state index is 11.9. The molecular formula is C14H20N2O5S. The van der Waals surface area contributed by atoms with Crippen LogP contribution in [0.5, 0.6) is 0 Å². The van der Waals surface area contributed by atoms with Crippen molar-refractivity contribution in [3.63, 3.8) is 0 Å². The third kappa shape index (κ3) is 5.36. The Morgan fingerprint density at radius 2 is 1.82 bits per heavy atom. The van der Waals surface area contributed by atoms with Gasteiger partial charge in [0.25, 0.3) is 0 Å². The van der Waals surface area contributed by atoms with Crippen LogP contribution in [0.2, 0.25) is 0 Å². The van der Waals surface area contributed by atoms with Crippen molar-refractivity contribution < 1.29 is 22.7 Å². The summed E-state index contributed by atoms with van der Waals surface area (Å²) >= 11 is 0. The molecule has 0 atom stereocenters. The lowest BCUT2D eigenvalue weighted by molar-refractivity contribution is 0.101. The van der Waals surface area contributed by atoms with Gasteiger partial charge in [0.15, 0.2) is 5.78 Å². The molecule has 1 amide bonds. The molecule has 0 bridgehead atoms. The van der Waals surface area contributed by atoms with Crippen molar-refractivity contribution in [2.75, 3.05) is 30.3 Å². The second-order valence-corrected chi connectivity index (χ2v) is 6.49. The second-order valence-electron chi connectivity index (χ2n) is 4.59. The van der Waals surface area contributed by atoms with E-state index in [4.69, 9.17) is 4.74 Å². The number of hydrogen-bond acceptors (Lipinski definition) is 5. The average molecular weight is 328 g/mol. The highest BCUT2D eigenvalue weighted by atomic mass is 32.2. The van der Waals surface area contributed by atoms with E-state index >= 15 is 0 Å². The highest BCUT2D eigenvalue weighted by molar-refractivity contribution is 7.92. The summed E-state index contributed by atoms with van der Waals surface area (Å²) in [6.07, 6.45) is 0.485. The molecule has 7 nitrogen and oxygen atoms in total. The summed E-state index contributed by atoms with van der Waals surface area (Å²) in [7, 11) is -3.51. The number of ketones is 1. The van der Waals surface area contributed by atoms with Crippen LogP contribution >= 0.6 is 0 Å². The number of nitrogens with zero attached hydrogens (tertiary/aromatic N) is 1. The third-order valence-corrected chi connectivity index (χ3v) is 4.02. The molecule has 0 fully saturated rings. The summed E-state index contributed by atoms with van der Waals surface area (Å²) in [5.41, 5.74) is 0.931. The standard InChI is InChI=1S/C14H20N2O5S/c1-4-21-14(18)15-9-10-16(22(3,19)20)13-7-5-12(6-8-13)11(2)17/h5-8H,4,9-10H2,1-3H3,(H,15,18). The van der Waals surface area contributed by atoms with Crippen molar-refractivity contribution in [3.05, 3.63) is 29.8 Å². The lowest BCUT2D eigenvalue weighted by Gasteiger charge is -2.22. The first-order valence-electron chi connectivity index (χ1n) is 6.75. The maximum Gasteiger partial charge on any atom is 0.407 e. The zero-order valence-electron chi connectivity index (χ0n) is 12.8. The molecule has 0 heterocycles. The Bertz CT molecular complexity index is 625. The molecule has 0 radical (unpaired) electrons. The van der Waals surface area contributed by atoms with Crippen molar-refractivity contribution in [1.29, 1.82) is 0 Å². The molecule has 0 saturated heterocycles. The van der Waals surface area contributed by atoms with Gasteiger partial charge in [0.2, 0.25) is 10.0 Å². The molecule has 1 rings (SSSR count). The van der Waals surface area contributed by atoms with E-state index in [9.17, 15) is 18.0 Å². The monoisotopic (exact) mass is 328 g/mol. The van der Waals surface area contributed by atoms with Gasteiger partial charge in [0.05, 0.1) is 25.1 Å². The molecule has 0 aliphatic carbocycles. The zero-order valence-corrected chi connectivity index (χ0v) is 13.6. The first kappa shape index (κ1) is 18.0. The number of hydrogen-bond donors (Lipinski definition) is 1. The predicted octanol–water partition coefficient (Wildman–Crippen LogP) is 1.40. The summed E-state index contributed by atoms with van der Waals surface area (Å²) in [4.78, 5) is 22.4. The van der Waals surface area contributed by atoms with Gasteiger partial charge in [-0.1, -0.05) is 0 Å². The molecule has 0 unspecified atom stereocenters. The van der Waals surface area contributed by atoms with Gasteiger partial charge in [-0.2, -0.15) is 0 Å². The Balaban J connectivity index is 2.81. The fourth-order valence-corrected chi connectivity index (χ4v) is 2.72. The summed E-state index contributed by atoms with van der Waals surface area (Å²) in [6, 6.07) is 6.24. The third-order valence-electron chi connectivity index (χ3n) is 2.82. The number of amides is 1. The Kier molecular flexibility index (Phi) is 6.36. The molecular weight excluding hydrogens is 308 g/mol. The number of anilines is 1. The Morgan fingerprint density at radius 3 is 2.27 bits per heavy atom. The van der Waals surface area contributed by atoms with Crippen molar-refractivity contribution in [2.24, 2.45) is 0 Å². The Labute approximate surface area is 130 Å². The largest absolute Gasteiger partial charge is 0.450 e. The van der Waals surface area contributed by atoms with Crippen LogP contribution in [0.1, 0.15) is 24.2 Å². The van der Waals surface area contributed by atoms with Crippen molar-refractivity contribution in [2.45, 2.75) is 13.8 Å². The fraction of sp³-hybridized carbons (Fsp3) is 0.429. The van der Waals surface area contributed by atoms with E-state index in [1.54, 1.807) is 31.2 Å². The van der Waals surface area contributed by atoms with Gasteiger partial charge < -0.3 is 10.1 Å². The Hall–Kier alpha value is -2.09. The lowest BCUT2D eigenvalue weighted by Crippen LogP contribution is -2.38. The number of carbonyl (C=O) groups is 2. The van der Waals surface area contributed by atoms with Gasteiger partial charge in [-0.3, -0.25) is 9.10 Å². The van der Waals surface area contributed by atoms with Crippen LogP contribution in [-0.2, 0) is 14.8 Å². The number of rotatable bonds is 7. The number of benzene rings is 1. The van der Waals surface area contributed by atoms with E-state index in [1.165, 1.54) is 6.92 Å². The van der Waals surface area contributed by atoms with Crippen LogP contribution in [0, 0.1) is 0 Å². The topological polar surface area (TPSA) is 92.8 Å². The van der Waals surface area contributed by atoms with Crippen LogP contribution in [-0.4, -0.2) is 46.2 Å². The molecule has 1 aromatic rings. The maximum absolute atomic E-state index is 11.9. The quantitative estimate of drug-likeness (QED) is 0.764. The van der Waals surface area contributed by atoms with Gasteiger partial charge in [-0.25, -0.2) is 13.2 Å². The zero-order chi connectivity index (χ0) is 16.8. The Morgan fingerprint density at radius 1 is 1.23 bits per heavy atom. The van der Waals surface area contributed by atoms with Crippen molar-refractivity contribution in [3.8, 4) is 0 Å². The SMILES string of the molecule is CCOC(=O)NCCN(c1ccc(C(C)=O)cc1)S(C)(=O)=O. The first-order chi connectivity index (χ1) is 10.3. The smallest absolute Gasteiger partial charge is 0.407 e. The number of ether oxygens (including phenoxy) is 1. The van der Waals surface area contributed by atoms with E-state index in [0.29, 0.717) is 11.3 Å². The molecule has 1 N–H and O–H groups in total. The summed E-state index contributed by atoms with van der Waals surface area (Å²) in [6.45, 7) is 3.54. The molecule has 122 valence electrons. The van der Waals surface area contributed by atoms with Gasteiger partial charge in [0, 0.05) is 12.1 Å². The molecule has 8 heteroatoms. The van der Waals surface area contributed by atoms with Crippen LogP contribution in [0.4, 0.5) is 10.5 Å². The summed E-state index contributed by atoms with van der Waals surface area (Å²) < 4.78 is 29.6. The molecule has 0 aliphatic rings. The molecule has 1 aromatic carbocycles. The normalized spacial score (nSPS) is 10.9. The fourth-order valence-electron chi connectivity index (χ4n) is 1.79. The number of alkyl carbamates (subject to hydrolysis) is 1. The van der Waals surface area contributed by atoms with Crippen LogP contribution < -0.4 is 9.62 Å². The van der Waals surface area contributed by atoms with E-state index in [-0.39, 0.29) is 25.5 Å². The summed E-state index contributed by atoms with van der Waals surface area (Å²) in [5, 5.41) is 2.46. The number of sulfonamides is 1. The molecule has 0 saturated carbocycles. The number of nitrogens with one attached hydrogen (secondary N) is 1. The van der Waals surface area contributed by atoms with E-state index < -0.39 is 16.1 Å². The van der Waals surface area contributed by atoms with Crippen LogP contribution in [0.25, 0.3) is 0 Å². The van der Waals surface area contributed by atoms with Gasteiger partial charge >= 0.3 is 6.09 Å². The van der Waals surface area contributed by atoms with Gasteiger partial charge in [-0.15, -0.1) is 0 Å². The van der Waals surface area contributed by atoms with Crippen LogP contribution in [0.3, 0.4) is 0 Å². The predicted molar refractivity (Wildman–Crippen MR) is 83.7 cm³/mol. The van der Waals surface area contributed by atoms with E-state index in [1.807, 2.05) is 0 Å². The lowest BCUT2D eigenvalue weighted by atomic mass is 10.1. The minimum atomic E-state index is -3.51. The van der Waals surface area contributed by atoms with Crippen molar-refractivity contribution >= 4 is 27.6 Å². The van der Waals surface area contributed by atoms with E-state index in [2.05, 4.69) is 5.32 Å². The molecule has 0 spiro atoms. The van der Waals surface area contributed by atoms with E-state index in [0.717, 1.165) is 10.6 Å². The first-order valence-corrected chi connectivity index (χ1v) is 8.60. The minimum absolute atomic E-state index is 0.0665. The highest BCUT2D eigenvalue weighted by Gasteiger charge is 2.17. The second kappa shape index (κ2) is 7.79. The van der Waals surface area contributed by atoms with Gasteiger partial charge in [-0.05, 0) is 38.1 Å². The summed E-state index contributed by atoms with van der Waals surface area (Å²) in [5.74, 6) is -0.0959. The minimum Gasteiger partial charge on any atom is -0.450 e. The average Bonchev–Trinajstić information content (AvgIpc) is 2.42. The van der Waals surface area contributed by atoms with Gasteiger partial charge in [0.1, 0.15) is 0 Å². The molecule has 0 aromatic heterocycles. The number of carbonyl (C=O) groups excluding carboxylic acids is 2. The molecule has 22 heavy (non-hydrogen) atoms. The van der Waals surface area contributed by atoms with Crippen LogP contribution in [0.15, 0.2) is 24.3 Å². The highest BCUT2D eigenvalue weighted by Crippen LogP contribution is 2.18. The van der Waals surface area contributed by atoms with Crippen molar-refractivity contribution in [1.82, 2.24) is 5.32 Å². The number of Topliss-reactive ketones (excluding diaryl/α,β-unsaturated/α-hetero) is 1. The molecule has 0 aliphatic heterocycles.